The summed E-state index contributed by atoms with van der Waals surface area (Å²) in [5.74, 6) is 0.674. The first kappa shape index (κ1) is 38.4. The van der Waals surface area contributed by atoms with Crippen LogP contribution in [0.25, 0.3) is 111 Å². The van der Waals surface area contributed by atoms with Crippen LogP contribution in [0.4, 0.5) is 0 Å². The molecule has 14 rings (SSSR count). The predicted molar refractivity (Wildman–Crippen MR) is 278 cm³/mol. The van der Waals surface area contributed by atoms with Gasteiger partial charge < -0.3 is 4.42 Å². The summed E-state index contributed by atoms with van der Waals surface area (Å²) < 4.78 is 6.66. The number of fused-ring (bicyclic) bond motifs is 13. The maximum Gasteiger partial charge on any atom is 0.160 e. The Bertz CT molecular complexity index is 3910. The highest BCUT2D eigenvalue weighted by molar-refractivity contribution is 6.10. The van der Waals surface area contributed by atoms with E-state index >= 15 is 0 Å². The molecule has 10 aromatic carbocycles. The highest BCUT2D eigenvalue weighted by Gasteiger charge is 2.51. The first-order chi connectivity index (χ1) is 33.7. The van der Waals surface area contributed by atoms with E-state index in [0.717, 1.165) is 72.3 Å². The Morgan fingerprint density at radius 1 is 0.279 bits per heavy atom. The molecule has 2 aliphatic carbocycles. The lowest BCUT2D eigenvalue weighted by Gasteiger charge is -2.30. The van der Waals surface area contributed by atoms with Crippen molar-refractivity contribution in [2.75, 3.05) is 0 Å². The van der Waals surface area contributed by atoms with Gasteiger partial charge in [-0.1, -0.05) is 206 Å². The van der Waals surface area contributed by atoms with Gasteiger partial charge in [-0.2, -0.15) is 0 Å². The molecule has 3 nitrogen and oxygen atoms in total. The number of nitrogens with zero attached hydrogens (tertiary/aromatic N) is 2. The SMILES string of the molecule is c1ccc(-c2ccc(-c3cc(-c4cc(-c5ccc6c(c5)-c5ccccc5C65c6ccccc6-c6ccccc65)nc(-c5ccccc5)n4)cc(-c4cccc5c4oc4ccccc45)c3)cc2)cc1. The van der Waals surface area contributed by atoms with Gasteiger partial charge >= 0.3 is 0 Å². The molecule has 12 aromatic rings. The van der Waals surface area contributed by atoms with Gasteiger partial charge in [0.1, 0.15) is 11.2 Å². The number of hydrogen-bond acceptors (Lipinski definition) is 3. The summed E-state index contributed by atoms with van der Waals surface area (Å²) >= 11 is 0. The molecule has 68 heavy (non-hydrogen) atoms. The van der Waals surface area contributed by atoms with Crippen molar-refractivity contribution >= 4 is 21.9 Å². The number of furan rings is 1. The lowest BCUT2D eigenvalue weighted by atomic mass is 9.70. The second-order valence-corrected chi connectivity index (χ2v) is 18.0. The van der Waals surface area contributed by atoms with Crippen LogP contribution in [0.15, 0.2) is 247 Å². The monoisotopic (exact) mass is 864 g/mol. The summed E-state index contributed by atoms with van der Waals surface area (Å²) in [7, 11) is 0. The van der Waals surface area contributed by atoms with E-state index in [9.17, 15) is 0 Å². The van der Waals surface area contributed by atoms with E-state index in [-0.39, 0.29) is 0 Å². The van der Waals surface area contributed by atoms with Gasteiger partial charge in [-0.15, -0.1) is 0 Å². The van der Waals surface area contributed by atoms with E-state index < -0.39 is 5.41 Å². The summed E-state index contributed by atoms with van der Waals surface area (Å²) in [4.78, 5) is 10.8. The number of hydrogen-bond donors (Lipinski definition) is 0. The molecule has 3 heteroatoms. The predicted octanol–water partition coefficient (Wildman–Crippen LogP) is 16.7. The zero-order valence-corrected chi connectivity index (χ0v) is 36.9. The van der Waals surface area contributed by atoms with Crippen molar-refractivity contribution < 1.29 is 4.42 Å². The Balaban J connectivity index is 0.974. The molecule has 0 atom stereocenters. The second kappa shape index (κ2) is 15.1. The van der Waals surface area contributed by atoms with Gasteiger partial charge in [-0.3, -0.25) is 0 Å². The van der Waals surface area contributed by atoms with Gasteiger partial charge in [0.15, 0.2) is 5.82 Å². The van der Waals surface area contributed by atoms with Crippen molar-refractivity contribution in [1.82, 2.24) is 9.97 Å². The largest absolute Gasteiger partial charge is 0.455 e. The van der Waals surface area contributed by atoms with Crippen molar-refractivity contribution in [1.29, 1.82) is 0 Å². The molecule has 2 heterocycles. The fourth-order valence-electron chi connectivity index (χ4n) is 11.3. The quantitative estimate of drug-likeness (QED) is 0.167. The average molecular weight is 865 g/mol. The van der Waals surface area contributed by atoms with Crippen molar-refractivity contribution in [3.63, 3.8) is 0 Å². The first-order valence-electron chi connectivity index (χ1n) is 23.3. The normalized spacial score (nSPS) is 12.8. The van der Waals surface area contributed by atoms with E-state index in [2.05, 4.69) is 224 Å². The van der Waals surface area contributed by atoms with E-state index in [0.29, 0.717) is 5.82 Å². The minimum Gasteiger partial charge on any atom is -0.455 e. The molecule has 0 aliphatic heterocycles. The molecular weight excluding hydrogens is 825 g/mol. The number of para-hydroxylation sites is 2. The van der Waals surface area contributed by atoms with Gasteiger partial charge in [0.25, 0.3) is 0 Å². The molecule has 2 aliphatic rings. The Morgan fingerprint density at radius 3 is 1.44 bits per heavy atom. The molecule has 0 radical (unpaired) electrons. The van der Waals surface area contributed by atoms with E-state index in [1.54, 1.807) is 0 Å². The van der Waals surface area contributed by atoms with E-state index in [1.807, 2.05) is 18.2 Å². The zero-order valence-electron chi connectivity index (χ0n) is 36.9. The van der Waals surface area contributed by atoms with Crippen LogP contribution in [-0.2, 0) is 5.41 Å². The molecule has 0 bridgehead atoms. The molecular formula is C65H40N2O. The van der Waals surface area contributed by atoms with Crippen molar-refractivity contribution in [3.8, 4) is 89.5 Å². The molecule has 0 N–H and O–H groups in total. The molecule has 1 spiro atoms. The minimum atomic E-state index is -0.414. The van der Waals surface area contributed by atoms with Gasteiger partial charge in [0.2, 0.25) is 0 Å². The van der Waals surface area contributed by atoms with Crippen LogP contribution in [0.5, 0.6) is 0 Å². The highest BCUT2D eigenvalue weighted by atomic mass is 16.3. The minimum absolute atomic E-state index is 0.414. The molecule has 0 unspecified atom stereocenters. The number of benzene rings is 10. The van der Waals surface area contributed by atoms with Gasteiger partial charge in [-0.25, -0.2) is 9.97 Å². The summed E-state index contributed by atoms with van der Waals surface area (Å²) in [5, 5.41) is 2.20. The second-order valence-electron chi connectivity index (χ2n) is 18.0. The zero-order chi connectivity index (χ0) is 44.8. The molecule has 0 fully saturated rings. The highest BCUT2D eigenvalue weighted by Crippen LogP contribution is 2.63. The standard InChI is InChI=1S/C65H40N2O/c1-3-16-41(17-4-1)42-30-32-43(33-31-42)46-36-47(49-24-15-25-54-53-23-10-14-29-62(53)68-63(49)54)38-48(37-46)61-40-60(66-64(67-61)44-18-5-2-6-19-44)45-34-35-59-55(39-45)52-22-9-13-28-58(52)65(59)56-26-11-7-20-50(56)51-21-8-12-27-57(51)65/h1-40H. The number of aromatic nitrogens is 2. The molecule has 0 saturated carbocycles. The summed E-state index contributed by atoms with van der Waals surface area (Å²) in [6.45, 7) is 0. The first-order valence-corrected chi connectivity index (χ1v) is 23.3. The lowest BCUT2D eigenvalue weighted by molar-refractivity contribution is 0.670. The van der Waals surface area contributed by atoms with Crippen LogP contribution >= 0.6 is 0 Å². The summed E-state index contributed by atoms with van der Waals surface area (Å²) in [6.07, 6.45) is 0. The molecule has 2 aromatic heterocycles. The molecule has 316 valence electrons. The number of rotatable bonds is 6. The van der Waals surface area contributed by atoms with Gasteiger partial charge in [-0.05, 0) is 109 Å². The van der Waals surface area contributed by atoms with Crippen LogP contribution in [0, 0.1) is 0 Å². The Morgan fingerprint density at radius 2 is 0.750 bits per heavy atom. The smallest absolute Gasteiger partial charge is 0.160 e. The summed E-state index contributed by atoms with van der Waals surface area (Å²) in [6, 6.07) is 87.4. The van der Waals surface area contributed by atoms with Crippen molar-refractivity contribution in [2.24, 2.45) is 0 Å². The van der Waals surface area contributed by atoms with Crippen molar-refractivity contribution in [2.45, 2.75) is 5.41 Å². The Kier molecular flexibility index (Phi) is 8.50. The third kappa shape index (κ3) is 5.79. The third-order valence-corrected chi connectivity index (χ3v) is 14.3. The lowest BCUT2D eigenvalue weighted by Crippen LogP contribution is -2.25. The third-order valence-electron chi connectivity index (χ3n) is 14.3. The van der Waals surface area contributed by atoms with Crippen LogP contribution in [0.2, 0.25) is 0 Å². The van der Waals surface area contributed by atoms with Crippen LogP contribution in [0.3, 0.4) is 0 Å². The van der Waals surface area contributed by atoms with Crippen molar-refractivity contribution in [3.05, 3.63) is 265 Å². The maximum absolute atomic E-state index is 6.66. The topological polar surface area (TPSA) is 38.9 Å². The summed E-state index contributed by atoms with van der Waals surface area (Å²) in [5.41, 5.74) is 23.0. The maximum atomic E-state index is 6.66. The fourth-order valence-corrected chi connectivity index (χ4v) is 11.3. The average Bonchev–Trinajstić information content (AvgIpc) is 4.05. The van der Waals surface area contributed by atoms with E-state index in [4.69, 9.17) is 14.4 Å². The Hall–Kier alpha value is -8.92. The van der Waals surface area contributed by atoms with Gasteiger partial charge in [0, 0.05) is 33.0 Å². The fraction of sp³-hybridized carbons (Fsp3) is 0.0154. The van der Waals surface area contributed by atoms with Gasteiger partial charge in [0.05, 0.1) is 16.8 Å². The molecule has 0 saturated heterocycles. The van der Waals surface area contributed by atoms with Crippen LogP contribution in [0.1, 0.15) is 22.3 Å². The van der Waals surface area contributed by atoms with Crippen LogP contribution in [-0.4, -0.2) is 9.97 Å². The Labute approximate surface area is 394 Å². The van der Waals surface area contributed by atoms with E-state index in [1.165, 1.54) is 55.6 Å². The van der Waals surface area contributed by atoms with Crippen LogP contribution < -0.4 is 0 Å². The molecule has 0 amide bonds.